The summed E-state index contributed by atoms with van der Waals surface area (Å²) in [7, 11) is -2.40. The minimum atomic E-state index is -3.86. The molecule has 0 radical (unpaired) electrons. The van der Waals surface area contributed by atoms with Crippen LogP contribution >= 0.6 is 0 Å². The summed E-state index contributed by atoms with van der Waals surface area (Å²) < 4.78 is 38.1. The largest absolute Gasteiger partial charge is 0.495 e. The van der Waals surface area contributed by atoms with Crippen molar-refractivity contribution in [1.82, 2.24) is 9.80 Å². The maximum Gasteiger partial charge on any atom is 0.262 e. The highest BCUT2D eigenvalue weighted by molar-refractivity contribution is 7.92. The first kappa shape index (κ1) is 22.4. The highest BCUT2D eigenvalue weighted by atomic mass is 32.2. The van der Waals surface area contributed by atoms with Crippen molar-refractivity contribution in [2.45, 2.75) is 4.90 Å². The number of amides is 2. The van der Waals surface area contributed by atoms with Crippen LogP contribution in [0.4, 0.5) is 5.69 Å². The molecule has 0 atom stereocenters. The number of piperazine rings is 1. The van der Waals surface area contributed by atoms with Crippen LogP contribution in [0.1, 0.15) is 20.7 Å². The Bertz CT molecular complexity index is 1230. The Morgan fingerprint density at radius 3 is 2.06 bits per heavy atom. The number of hydrogen-bond donors (Lipinski definition) is 1. The summed E-state index contributed by atoms with van der Waals surface area (Å²) in [5, 5.41) is 0. The van der Waals surface area contributed by atoms with Gasteiger partial charge in [-0.25, -0.2) is 8.42 Å². The molecule has 0 saturated carbocycles. The van der Waals surface area contributed by atoms with Gasteiger partial charge in [0, 0.05) is 31.7 Å². The molecule has 9 nitrogen and oxygen atoms in total. The topological polar surface area (TPSA) is 109 Å². The number of hydrogen-bond acceptors (Lipinski definition) is 6. The second-order valence-electron chi connectivity index (χ2n) is 7.43. The lowest BCUT2D eigenvalue weighted by Gasteiger charge is -2.34. The van der Waals surface area contributed by atoms with Gasteiger partial charge in [0.05, 0.1) is 29.5 Å². The zero-order chi connectivity index (χ0) is 23.4. The minimum absolute atomic E-state index is 0.0282. The number of nitrogens with one attached hydrogen (secondary N) is 1. The van der Waals surface area contributed by atoms with Crippen LogP contribution in [0.15, 0.2) is 76.4 Å². The van der Waals surface area contributed by atoms with Crippen LogP contribution in [0.25, 0.3) is 0 Å². The van der Waals surface area contributed by atoms with Crippen molar-refractivity contribution >= 4 is 27.5 Å². The lowest BCUT2D eigenvalue weighted by Crippen LogP contribution is -2.50. The van der Waals surface area contributed by atoms with Gasteiger partial charge in [-0.05, 0) is 42.5 Å². The maximum atomic E-state index is 12.9. The number of methoxy groups -OCH3 is 1. The van der Waals surface area contributed by atoms with E-state index in [9.17, 15) is 18.0 Å². The number of anilines is 1. The van der Waals surface area contributed by atoms with Gasteiger partial charge in [-0.3, -0.25) is 14.3 Å². The Hall–Kier alpha value is -3.79. The third-order valence-electron chi connectivity index (χ3n) is 5.39. The number of benzene rings is 2. The fourth-order valence-corrected chi connectivity index (χ4v) is 4.64. The molecule has 0 unspecified atom stereocenters. The fourth-order valence-electron chi connectivity index (χ4n) is 3.57. The maximum absolute atomic E-state index is 12.9. The lowest BCUT2D eigenvalue weighted by molar-refractivity contribution is 0.0535. The quantitative estimate of drug-likeness (QED) is 0.595. The number of carbonyl (C=O) groups is 2. The highest BCUT2D eigenvalue weighted by Crippen LogP contribution is 2.26. The predicted octanol–water partition coefficient (Wildman–Crippen LogP) is 2.69. The van der Waals surface area contributed by atoms with Crippen molar-refractivity contribution in [3.63, 3.8) is 0 Å². The van der Waals surface area contributed by atoms with Crippen LogP contribution in [0.3, 0.4) is 0 Å². The molecule has 1 aromatic heterocycles. The molecule has 0 bridgehead atoms. The number of sulfonamides is 1. The summed E-state index contributed by atoms with van der Waals surface area (Å²) in [5.41, 5.74) is 1.18. The summed E-state index contributed by atoms with van der Waals surface area (Å²) in [6.07, 6.45) is 2.85. The molecular weight excluding hydrogens is 446 g/mol. The molecule has 3 aromatic rings. The van der Waals surface area contributed by atoms with Crippen molar-refractivity contribution in [3.8, 4) is 5.75 Å². The number of nitrogens with zero attached hydrogens (tertiary/aromatic N) is 2. The van der Waals surface area contributed by atoms with Crippen molar-refractivity contribution in [2.24, 2.45) is 0 Å². The Labute approximate surface area is 191 Å². The Kier molecular flexibility index (Phi) is 6.36. The van der Waals surface area contributed by atoms with Crippen LogP contribution in [-0.4, -0.2) is 63.3 Å². The Morgan fingerprint density at radius 1 is 0.879 bits per heavy atom. The summed E-state index contributed by atoms with van der Waals surface area (Å²) >= 11 is 0. The second kappa shape index (κ2) is 9.37. The summed E-state index contributed by atoms with van der Waals surface area (Å²) in [6, 6.07) is 14.1. The van der Waals surface area contributed by atoms with E-state index in [1.54, 1.807) is 40.1 Å². The third-order valence-corrected chi connectivity index (χ3v) is 6.77. The third kappa shape index (κ3) is 4.85. The number of rotatable bonds is 6. The van der Waals surface area contributed by atoms with Gasteiger partial charge in [-0.1, -0.05) is 12.1 Å². The van der Waals surface area contributed by atoms with Gasteiger partial charge in [0.15, 0.2) is 0 Å². The molecule has 2 heterocycles. The number of furan rings is 1. The van der Waals surface area contributed by atoms with Crippen LogP contribution in [0, 0.1) is 0 Å². The van der Waals surface area contributed by atoms with E-state index in [4.69, 9.17) is 9.15 Å². The molecule has 1 fully saturated rings. The average Bonchev–Trinajstić information content (AvgIpc) is 3.38. The molecule has 1 aliphatic heterocycles. The summed E-state index contributed by atoms with van der Waals surface area (Å²) in [6.45, 7) is 1.59. The molecule has 172 valence electrons. The van der Waals surface area contributed by atoms with E-state index in [1.807, 2.05) is 0 Å². The zero-order valence-corrected chi connectivity index (χ0v) is 18.7. The zero-order valence-electron chi connectivity index (χ0n) is 17.9. The molecule has 2 aromatic carbocycles. The van der Waals surface area contributed by atoms with E-state index in [0.717, 1.165) is 0 Å². The normalized spacial score (nSPS) is 14.1. The van der Waals surface area contributed by atoms with E-state index in [1.165, 1.54) is 43.9 Å². The van der Waals surface area contributed by atoms with Crippen molar-refractivity contribution in [3.05, 3.63) is 78.3 Å². The first-order valence-corrected chi connectivity index (χ1v) is 11.7. The van der Waals surface area contributed by atoms with E-state index in [-0.39, 0.29) is 16.7 Å². The minimum Gasteiger partial charge on any atom is -0.495 e. The predicted molar refractivity (Wildman–Crippen MR) is 121 cm³/mol. The number of carbonyl (C=O) groups excluding carboxylic acids is 2. The fraction of sp³-hybridized carbons (Fsp3) is 0.217. The lowest BCUT2D eigenvalue weighted by atomic mass is 10.1. The Balaban J connectivity index is 1.40. The van der Waals surface area contributed by atoms with Crippen LogP contribution in [0.2, 0.25) is 0 Å². The highest BCUT2D eigenvalue weighted by Gasteiger charge is 2.26. The SMILES string of the molecule is COc1ccccc1NS(=O)(=O)c1ccc(C(=O)N2CCN(C(=O)c3ccoc3)CC2)cc1. The molecular formula is C23H23N3O6S. The number of para-hydroxylation sites is 2. The van der Waals surface area contributed by atoms with Gasteiger partial charge in [-0.15, -0.1) is 0 Å². The molecule has 4 rings (SSSR count). The van der Waals surface area contributed by atoms with Gasteiger partial charge in [0.25, 0.3) is 21.8 Å². The average molecular weight is 470 g/mol. The molecule has 33 heavy (non-hydrogen) atoms. The molecule has 0 spiro atoms. The van der Waals surface area contributed by atoms with Gasteiger partial charge in [0.2, 0.25) is 0 Å². The van der Waals surface area contributed by atoms with Crippen LogP contribution < -0.4 is 9.46 Å². The van der Waals surface area contributed by atoms with Gasteiger partial charge < -0.3 is 19.0 Å². The van der Waals surface area contributed by atoms with Gasteiger partial charge in [0.1, 0.15) is 12.0 Å². The molecule has 1 aliphatic rings. The van der Waals surface area contributed by atoms with Crippen molar-refractivity contribution in [1.29, 1.82) is 0 Å². The van der Waals surface area contributed by atoms with Gasteiger partial charge in [-0.2, -0.15) is 0 Å². The molecule has 2 amide bonds. The molecule has 1 saturated heterocycles. The van der Waals surface area contributed by atoms with E-state index in [0.29, 0.717) is 48.7 Å². The first-order chi connectivity index (χ1) is 15.9. The van der Waals surface area contributed by atoms with E-state index >= 15 is 0 Å². The first-order valence-electron chi connectivity index (χ1n) is 10.3. The monoisotopic (exact) mass is 469 g/mol. The van der Waals surface area contributed by atoms with Crippen LogP contribution in [0.5, 0.6) is 5.75 Å². The van der Waals surface area contributed by atoms with E-state index in [2.05, 4.69) is 4.72 Å². The van der Waals surface area contributed by atoms with Crippen molar-refractivity contribution in [2.75, 3.05) is 38.0 Å². The molecule has 1 N–H and O–H groups in total. The van der Waals surface area contributed by atoms with Crippen LogP contribution in [-0.2, 0) is 10.0 Å². The molecule has 10 heteroatoms. The smallest absolute Gasteiger partial charge is 0.262 e. The van der Waals surface area contributed by atoms with Crippen molar-refractivity contribution < 1.29 is 27.2 Å². The molecule has 0 aliphatic carbocycles. The van der Waals surface area contributed by atoms with E-state index < -0.39 is 10.0 Å². The standard InChI is InChI=1S/C23H23N3O6S/c1-31-21-5-3-2-4-20(21)24-33(29,30)19-8-6-17(7-9-19)22(27)25-11-13-26(14-12-25)23(28)18-10-15-32-16-18/h2-10,15-16,24H,11-14H2,1H3. The second-order valence-corrected chi connectivity index (χ2v) is 9.11. The summed E-state index contributed by atoms with van der Waals surface area (Å²) in [5.74, 6) is 0.0540. The van der Waals surface area contributed by atoms with Gasteiger partial charge >= 0.3 is 0 Å². The number of ether oxygens (including phenoxy) is 1. The summed E-state index contributed by atoms with van der Waals surface area (Å²) in [4.78, 5) is 28.6. The Morgan fingerprint density at radius 2 is 1.48 bits per heavy atom.